The second-order valence-electron chi connectivity index (χ2n) is 4.65. The molecule has 0 spiro atoms. The van der Waals surface area contributed by atoms with Gasteiger partial charge in [-0.15, -0.1) is 0 Å². The number of anilines is 1. The van der Waals surface area contributed by atoms with E-state index >= 15 is 0 Å². The molecule has 98 valence electrons. The smallest absolute Gasteiger partial charge is 0.220 e. The van der Waals surface area contributed by atoms with Crippen LogP contribution < -0.4 is 16.4 Å². The molecular formula is C13H18ClN3O. The van der Waals surface area contributed by atoms with Crippen molar-refractivity contribution in [2.75, 3.05) is 18.0 Å². The number of hydrogen-bond acceptors (Lipinski definition) is 3. The molecule has 0 bridgehead atoms. The van der Waals surface area contributed by atoms with E-state index in [9.17, 15) is 4.79 Å². The van der Waals surface area contributed by atoms with Crippen LogP contribution in [0.5, 0.6) is 0 Å². The third kappa shape index (κ3) is 2.76. The lowest BCUT2D eigenvalue weighted by Gasteiger charge is -2.33. The van der Waals surface area contributed by atoms with Crippen molar-refractivity contribution >= 4 is 23.2 Å². The van der Waals surface area contributed by atoms with Crippen LogP contribution in [0.4, 0.5) is 5.69 Å². The Balaban J connectivity index is 2.07. The molecule has 1 aromatic rings. The number of nitrogens with zero attached hydrogens (tertiary/aromatic N) is 1. The highest BCUT2D eigenvalue weighted by molar-refractivity contribution is 6.33. The van der Waals surface area contributed by atoms with Gasteiger partial charge in [0, 0.05) is 25.6 Å². The van der Waals surface area contributed by atoms with Crippen molar-refractivity contribution in [2.45, 2.75) is 19.4 Å². The van der Waals surface area contributed by atoms with Crippen molar-refractivity contribution in [3.05, 3.63) is 28.8 Å². The Morgan fingerprint density at radius 3 is 2.56 bits per heavy atom. The Bertz CT molecular complexity index is 442. The predicted octanol–water partition coefficient (Wildman–Crippen LogP) is 1.50. The molecule has 0 radical (unpaired) electrons. The summed E-state index contributed by atoms with van der Waals surface area (Å²) >= 11 is 6.25. The number of halogens is 1. The molecule has 1 saturated heterocycles. The van der Waals surface area contributed by atoms with Crippen LogP contribution in [0.1, 0.15) is 18.4 Å². The SMILES string of the molecule is NCc1ccc(N2CCC(C(N)=O)CC2)c(Cl)c1. The number of hydrogen-bond donors (Lipinski definition) is 2. The topological polar surface area (TPSA) is 72.3 Å². The Morgan fingerprint density at radius 2 is 2.06 bits per heavy atom. The van der Waals surface area contributed by atoms with Crippen LogP contribution in [0, 0.1) is 5.92 Å². The van der Waals surface area contributed by atoms with E-state index in [4.69, 9.17) is 23.1 Å². The van der Waals surface area contributed by atoms with Gasteiger partial charge in [-0.3, -0.25) is 4.79 Å². The largest absolute Gasteiger partial charge is 0.370 e. The number of primary amides is 1. The fraction of sp³-hybridized carbons (Fsp3) is 0.462. The van der Waals surface area contributed by atoms with E-state index in [-0.39, 0.29) is 11.8 Å². The van der Waals surface area contributed by atoms with Crippen LogP contribution in [-0.4, -0.2) is 19.0 Å². The highest BCUT2D eigenvalue weighted by Gasteiger charge is 2.24. The van der Waals surface area contributed by atoms with Gasteiger partial charge in [0.25, 0.3) is 0 Å². The van der Waals surface area contributed by atoms with Gasteiger partial charge < -0.3 is 16.4 Å². The highest BCUT2D eigenvalue weighted by atomic mass is 35.5. The molecule has 0 unspecified atom stereocenters. The summed E-state index contributed by atoms with van der Waals surface area (Å²) < 4.78 is 0. The molecule has 2 rings (SSSR count). The molecule has 1 aliphatic heterocycles. The number of nitrogens with two attached hydrogens (primary N) is 2. The van der Waals surface area contributed by atoms with E-state index in [1.807, 2.05) is 18.2 Å². The zero-order valence-corrected chi connectivity index (χ0v) is 11.0. The van der Waals surface area contributed by atoms with Gasteiger partial charge in [0.1, 0.15) is 0 Å². The van der Waals surface area contributed by atoms with E-state index in [2.05, 4.69) is 4.90 Å². The van der Waals surface area contributed by atoms with Crippen molar-refractivity contribution in [3.8, 4) is 0 Å². The van der Waals surface area contributed by atoms with Crippen LogP contribution in [0.2, 0.25) is 5.02 Å². The molecule has 5 heteroatoms. The lowest BCUT2D eigenvalue weighted by molar-refractivity contribution is -0.122. The van der Waals surface area contributed by atoms with Crippen molar-refractivity contribution in [1.82, 2.24) is 0 Å². The predicted molar refractivity (Wildman–Crippen MR) is 73.5 cm³/mol. The average Bonchev–Trinajstić information content (AvgIpc) is 2.38. The molecule has 1 aliphatic rings. The van der Waals surface area contributed by atoms with Crippen LogP contribution in [-0.2, 0) is 11.3 Å². The Labute approximate surface area is 112 Å². The van der Waals surface area contributed by atoms with Crippen molar-refractivity contribution in [1.29, 1.82) is 0 Å². The second kappa shape index (κ2) is 5.59. The van der Waals surface area contributed by atoms with Gasteiger partial charge in [0.2, 0.25) is 5.91 Å². The molecule has 0 saturated carbocycles. The molecule has 0 aliphatic carbocycles. The van der Waals surface area contributed by atoms with Crippen molar-refractivity contribution < 1.29 is 4.79 Å². The Hall–Kier alpha value is -1.26. The summed E-state index contributed by atoms with van der Waals surface area (Å²) in [5.74, 6) is -0.192. The first-order valence-electron chi connectivity index (χ1n) is 6.14. The maximum atomic E-state index is 11.1. The summed E-state index contributed by atoms with van der Waals surface area (Å²) in [6.07, 6.45) is 1.59. The van der Waals surface area contributed by atoms with Crippen molar-refractivity contribution in [2.24, 2.45) is 17.4 Å². The molecule has 0 aromatic heterocycles. The normalized spacial score (nSPS) is 16.9. The third-order valence-electron chi connectivity index (χ3n) is 3.49. The number of carbonyl (C=O) groups excluding carboxylic acids is 1. The molecule has 18 heavy (non-hydrogen) atoms. The quantitative estimate of drug-likeness (QED) is 0.872. The van der Waals surface area contributed by atoms with Crippen LogP contribution in [0.25, 0.3) is 0 Å². The summed E-state index contributed by atoms with van der Waals surface area (Å²) in [7, 11) is 0. The Morgan fingerprint density at radius 1 is 1.39 bits per heavy atom. The molecule has 1 amide bonds. The van der Waals surface area contributed by atoms with Crippen molar-refractivity contribution in [3.63, 3.8) is 0 Å². The molecule has 1 heterocycles. The fourth-order valence-electron chi connectivity index (χ4n) is 2.34. The lowest BCUT2D eigenvalue weighted by Crippen LogP contribution is -2.38. The molecule has 1 aromatic carbocycles. The fourth-order valence-corrected chi connectivity index (χ4v) is 2.66. The monoisotopic (exact) mass is 267 g/mol. The van der Waals surface area contributed by atoms with E-state index in [1.54, 1.807) is 0 Å². The Kier molecular flexibility index (Phi) is 4.09. The molecule has 4 nitrogen and oxygen atoms in total. The minimum Gasteiger partial charge on any atom is -0.370 e. The maximum absolute atomic E-state index is 11.1. The van der Waals surface area contributed by atoms with Crippen LogP contribution in [0.15, 0.2) is 18.2 Å². The van der Waals surface area contributed by atoms with Gasteiger partial charge in [0.15, 0.2) is 0 Å². The van der Waals surface area contributed by atoms with Crippen LogP contribution >= 0.6 is 11.6 Å². The number of amides is 1. The zero-order valence-electron chi connectivity index (χ0n) is 10.2. The van der Waals surface area contributed by atoms with E-state index in [0.717, 1.165) is 42.2 Å². The van der Waals surface area contributed by atoms with Gasteiger partial charge in [-0.2, -0.15) is 0 Å². The number of carbonyl (C=O) groups is 1. The molecule has 4 N–H and O–H groups in total. The first-order valence-corrected chi connectivity index (χ1v) is 6.52. The minimum absolute atomic E-state index is 0.00309. The van der Waals surface area contributed by atoms with Gasteiger partial charge in [-0.1, -0.05) is 17.7 Å². The number of piperidine rings is 1. The average molecular weight is 268 g/mol. The molecular weight excluding hydrogens is 250 g/mol. The highest BCUT2D eigenvalue weighted by Crippen LogP contribution is 2.30. The van der Waals surface area contributed by atoms with E-state index < -0.39 is 0 Å². The maximum Gasteiger partial charge on any atom is 0.220 e. The summed E-state index contributed by atoms with van der Waals surface area (Å²) in [6, 6.07) is 5.88. The standard InChI is InChI=1S/C13H18ClN3O/c14-11-7-9(8-15)1-2-12(11)17-5-3-10(4-6-17)13(16)18/h1-2,7,10H,3-6,8,15H2,(H2,16,18). The number of rotatable bonds is 3. The first-order chi connectivity index (χ1) is 8.61. The first kappa shape index (κ1) is 13.2. The number of benzene rings is 1. The van der Waals surface area contributed by atoms with Gasteiger partial charge >= 0.3 is 0 Å². The third-order valence-corrected chi connectivity index (χ3v) is 3.79. The summed E-state index contributed by atoms with van der Waals surface area (Å²) in [6.45, 7) is 2.12. The zero-order chi connectivity index (χ0) is 13.1. The van der Waals surface area contributed by atoms with E-state index in [1.165, 1.54) is 0 Å². The minimum atomic E-state index is -0.195. The van der Waals surface area contributed by atoms with Gasteiger partial charge in [0.05, 0.1) is 10.7 Å². The van der Waals surface area contributed by atoms with E-state index in [0.29, 0.717) is 6.54 Å². The lowest BCUT2D eigenvalue weighted by atomic mass is 9.96. The van der Waals surface area contributed by atoms with Gasteiger partial charge in [-0.05, 0) is 30.5 Å². The summed E-state index contributed by atoms with van der Waals surface area (Å²) in [5, 5.41) is 0.718. The van der Waals surface area contributed by atoms with Crippen LogP contribution in [0.3, 0.4) is 0 Å². The molecule has 1 fully saturated rings. The molecule has 0 atom stereocenters. The van der Waals surface area contributed by atoms with Gasteiger partial charge in [-0.25, -0.2) is 0 Å². The second-order valence-corrected chi connectivity index (χ2v) is 5.06. The summed E-state index contributed by atoms with van der Waals surface area (Å²) in [5.41, 5.74) is 12.9. The summed E-state index contributed by atoms with van der Waals surface area (Å²) in [4.78, 5) is 13.3.